The quantitative estimate of drug-likeness (QED) is 0.0191. The van der Waals surface area contributed by atoms with Gasteiger partial charge in [0.05, 0.1) is 72.5 Å². The average molecular weight is 1400 g/mol. The lowest BCUT2D eigenvalue weighted by Crippen LogP contribution is -2.52. The zero-order valence-electron chi connectivity index (χ0n) is 56.6. The number of hydrogen-bond acceptors (Lipinski definition) is 20. The summed E-state index contributed by atoms with van der Waals surface area (Å²) in [5.41, 5.74) is 13.6. The molecule has 14 rings (SSSR count). The predicted octanol–water partition coefficient (Wildman–Crippen LogP) is 7.09. The lowest BCUT2D eigenvalue weighted by atomic mass is 10.1. The summed E-state index contributed by atoms with van der Waals surface area (Å²) in [5.74, 6) is -3.17. The molecule has 2 atom stereocenters. The van der Waals surface area contributed by atoms with Crippen LogP contribution in [0, 0.1) is 5.82 Å². The summed E-state index contributed by atoms with van der Waals surface area (Å²) in [7, 11) is 0. The number of rotatable bonds is 26. The summed E-state index contributed by atoms with van der Waals surface area (Å²) in [6.07, 6.45) is 15.5. The monoisotopic (exact) mass is 1400 g/mol. The Morgan fingerprint density at radius 2 is 1.03 bits per heavy atom. The minimum atomic E-state index is -0.833. The van der Waals surface area contributed by atoms with Crippen molar-refractivity contribution in [3.8, 4) is 22.5 Å². The number of nitrogens with one attached hydrogen (secondary N) is 9. The number of fused-ring (bicyclic) bond motifs is 4. The molecular formula is C72H77FN20O10. The molecule has 2 fully saturated rings. The van der Waals surface area contributed by atoms with Gasteiger partial charge in [0.25, 0.3) is 35.4 Å². The molecule has 10 aromatic rings. The van der Waals surface area contributed by atoms with E-state index in [0.717, 1.165) is 92.1 Å². The topological polar surface area (TPSA) is 391 Å². The molecule has 8 amide bonds. The lowest BCUT2D eigenvalue weighted by Gasteiger charge is -2.28. The molecule has 11 N–H and O–H groups in total. The second-order valence-electron chi connectivity index (χ2n) is 24.4. The van der Waals surface area contributed by atoms with Gasteiger partial charge in [0.2, 0.25) is 23.7 Å². The van der Waals surface area contributed by atoms with Crippen LogP contribution in [0.2, 0.25) is 0 Å². The molecule has 532 valence electrons. The van der Waals surface area contributed by atoms with Crippen molar-refractivity contribution < 1.29 is 52.2 Å². The number of anilines is 5. The van der Waals surface area contributed by atoms with E-state index in [-0.39, 0.29) is 52.5 Å². The van der Waals surface area contributed by atoms with Crippen LogP contribution in [0.3, 0.4) is 0 Å². The smallest absolute Gasteiger partial charge is 0.265 e. The van der Waals surface area contributed by atoms with Crippen molar-refractivity contribution in [2.75, 3.05) is 81.6 Å². The highest BCUT2D eigenvalue weighted by atomic mass is 19.1. The SMILES string of the molecule is CCCn1cc(-c2nc(Nc3ccc(C(=O)NCCOCCN)cc3)nc3[nH]ccc23)cn1.CCCn1cc(-c2nc(Nc3ccc(C(=O)NCCOCCNc4cccc5c4C(=O)N(C4CCCNC4=O)C5=O)cc3)nc3[nH]ccc23)cn1.O=C1NCCCC1N1C(=O)c2cccc(F)c2C1=O. The van der Waals surface area contributed by atoms with Crippen molar-refractivity contribution in [3.05, 3.63) is 173 Å². The number of amides is 8. The molecule has 4 aliphatic heterocycles. The third-order valence-corrected chi connectivity index (χ3v) is 17.2. The molecule has 31 heteroatoms. The Bertz CT molecular complexity index is 4760. The highest BCUT2D eigenvalue weighted by molar-refractivity contribution is 6.25. The normalized spacial score (nSPS) is 15.4. The first-order valence-electron chi connectivity index (χ1n) is 34.1. The third kappa shape index (κ3) is 16.2. The summed E-state index contributed by atoms with van der Waals surface area (Å²) >= 11 is 0. The number of carbonyl (C=O) groups is 8. The van der Waals surface area contributed by atoms with Crippen LogP contribution in [0.5, 0.6) is 0 Å². The second-order valence-corrected chi connectivity index (χ2v) is 24.4. The molecule has 2 unspecified atom stereocenters. The van der Waals surface area contributed by atoms with Gasteiger partial charge in [-0.1, -0.05) is 26.0 Å². The Labute approximate surface area is 589 Å². The van der Waals surface area contributed by atoms with Gasteiger partial charge in [0.1, 0.15) is 29.2 Å². The molecule has 4 aromatic carbocycles. The average Bonchev–Trinajstić information content (AvgIpc) is 1.62. The number of benzene rings is 4. The number of aryl methyl sites for hydroxylation is 2. The number of carbonyl (C=O) groups excluding carboxylic acids is 8. The maximum absolute atomic E-state index is 13.7. The van der Waals surface area contributed by atoms with E-state index in [1.54, 1.807) is 60.8 Å². The van der Waals surface area contributed by atoms with E-state index in [1.807, 2.05) is 64.6 Å². The molecule has 4 aliphatic rings. The standard InChI is InChI=1S/C36H38N10O5.C23H28N8O2.C13H11FN2O3/c1-2-17-45-21-23(20-41-45)30-26-12-14-38-31(26)44-36(43-30)42-24-10-8-22(9-11-24)32(47)40-16-19-51-18-15-37-27-6-3-5-25-29(27)35(50)46(34(25)49)28-7-4-13-39-33(28)48;1-2-11-31-15-17(14-27-31)20-19-7-9-25-21(19)30-23(29-20)28-18-5-3-16(4-6-18)22(32)26-10-13-33-12-8-24;14-8-4-1-3-7-10(8)13(19)16(12(7)18)9-5-2-6-15-11(9)17/h3,5-6,8-12,14,20-21,28,37H,2,4,7,13,15-19H2,1H3,(H,39,48)(H,40,47)(H2,38,42,43,44);3-7,9,14-15H,2,8,10-13,24H2,1H3,(H,26,32)(H2,25,28,29,30);1,3-4,9H,2,5-6H2,(H,15,17). The van der Waals surface area contributed by atoms with Crippen LogP contribution in [-0.2, 0) is 32.2 Å². The van der Waals surface area contributed by atoms with Gasteiger partial charge in [-0.3, -0.25) is 57.5 Å². The van der Waals surface area contributed by atoms with Gasteiger partial charge in [-0.2, -0.15) is 20.2 Å². The molecule has 0 spiro atoms. The number of nitrogens with two attached hydrogens (primary N) is 1. The van der Waals surface area contributed by atoms with Gasteiger partial charge in [-0.25, -0.2) is 14.4 Å². The summed E-state index contributed by atoms with van der Waals surface area (Å²) < 4.78 is 28.4. The first-order chi connectivity index (χ1) is 50.2. The number of nitrogens with zero attached hydrogens (tertiary/aromatic N) is 10. The zero-order chi connectivity index (χ0) is 71.9. The number of aromatic amines is 2. The Morgan fingerprint density at radius 3 is 1.50 bits per heavy atom. The Kier molecular flexibility index (Phi) is 22.6. The number of H-pyrrole nitrogens is 2. The molecule has 10 heterocycles. The first-order valence-corrected chi connectivity index (χ1v) is 34.1. The Morgan fingerprint density at radius 1 is 0.563 bits per heavy atom. The summed E-state index contributed by atoms with van der Waals surface area (Å²) in [4.78, 5) is 127. The van der Waals surface area contributed by atoms with Crippen molar-refractivity contribution in [2.45, 2.75) is 77.5 Å². The summed E-state index contributed by atoms with van der Waals surface area (Å²) in [6, 6.07) is 25.4. The molecule has 0 saturated carbocycles. The van der Waals surface area contributed by atoms with Gasteiger partial charge in [-0.05, 0) is 123 Å². The minimum Gasteiger partial charge on any atom is -0.382 e. The summed E-state index contributed by atoms with van der Waals surface area (Å²) in [5, 5.41) is 31.3. The molecule has 0 bridgehead atoms. The van der Waals surface area contributed by atoms with Gasteiger partial charge in [0, 0.05) is 127 Å². The molecule has 103 heavy (non-hydrogen) atoms. The van der Waals surface area contributed by atoms with Gasteiger partial charge in [-0.15, -0.1) is 0 Å². The highest BCUT2D eigenvalue weighted by Crippen LogP contribution is 2.34. The van der Waals surface area contributed by atoms with Crippen molar-refractivity contribution in [3.63, 3.8) is 0 Å². The van der Waals surface area contributed by atoms with E-state index in [1.165, 1.54) is 12.1 Å². The Hall–Kier alpha value is -12.1. The number of piperidine rings is 2. The van der Waals surface area contributed by atoms with Crippen molar-refractivity contribution >= 4 is 98.3 Å². The molecule has 0 radical (unpaired) electrons. The van der Waals surface area contributed by atoms with Crippen molar-refractivity contribution in [1.29, 1.82) is 0 Å². The highest BCUT2D eigenvalue weighted by Gasteiger charge is 2.46. The summed E-state index contributed by atoms with van der Waals surface area (Å²) in [6.45, 7) is 10.0. The van der Waals surface area contributed by atoms with Crippen molar-refractivity contribution in [2.24, 2.45) is 5.73 Å². The van der Waals surface area contributed by atoms with Crippen LogP contribution in [0.4, 0.5) is 33.3 Å². The lowest BCUT2D eigenvalue weighted by molar-refractivity contribution is -0.127. The molecule has 6 aromatic heterocycles. The second kappa shape index (κ2) is 32.9. The number of aromatic nitrogens is 10. The van der Waals surface area contributed by atoms with Crippen LogP contribution >= 0.6 is 0 Å². The largest absolute Gasteiger partial charge is 0.382 e. The minimum absolute atomic E-state index is 0.0309. The molecule has 0 aliphatic carbocycles. The van der Waals surface area contributed by atoms with Crippen LogP contribution in [-0.4, -0.2) is 184 Å². The van der Waals surface area contributed by atoms with E-state index in [4.69, 9.17) is 25.2 Å². The first kappa shape index (κ1) is 70.8. The van der Waals surface area contributed by atoms with Crippen LogP contribution in [0.15, 0.2) is 134 Å². The predicted molar refractivity (Wildman–Crippen MR) is 380 cm³/mol. The maximum atomic E-state index is 13.7. The van der Waals surface area contributed by atoms with Gasteiger partial charge in [0.15, 0.2) is 0 Å². The molecule has 30 nitrogen and oxygen atoms in total. The fourth-order valence-corrected chi connectivity index (χ4v) is 12.3. The Balaban J connectivity index is 0.000000163. The van der Waals surface area contributed by atoms with E-state index in [9.17, 15) is 42.7 Å². The molecular weight excluding hydrogens is 1320 g/mol. The fourth-order valence-electron chi connectivity index (χ4n) is 12.3. The van der Waals surface area contributed by atoms with E-state index in [2.05, 4.69) is 81.2 Å². The number of ether oxygens (including phenoxy) is 2. The van der Waals surface area contributed by atoms with Crippen molar-refractivity contribution in [1.82, 2.24) is 80.5 Å². The number of imide groups is 2. The maximum Gasteiger partial charge on any atom is 0.265 e. The van der Waals surface area contributed by atoms with E-state index in [0.29, 0.717) is 119 Å². The molecule has 2 saturated heterocycles. The third-order valence-electron chi connectivity index (χ3n) is 17.2. The van der Waals surface area contributed by atoms with Gasteiger partial charge < -0.3 is 62.4 Å². The van der Waals surface area contributed by atoms with E-state index >= 15 is 0 Å². The van der Waals surface area contributed by atoms with Gasteiger partial charge >= 0.3 is 0 Å². The van der Waals surface area contributed by atoms with Crippen LogP contribution < -0.4 is 43.0 Å². The van der Waals surface area contributed by atoms with E-state index < -0.39 is 41.5 Å². The van der Waals surface area contributed by atoms with Crippen LogP contribution in [0.25, 0.3) is 44.6 Å². The zero-order valence-corrected chi connectivity index (χ0v) is 56.6. The van der Waals surface area contributed by atoms with Crippen LogP contribution in [0.1, 0.15) is 115 Å². The number of halogens is 1. The number of hydrogen-bond donors (Lipinski definition) is 10. The fraction of sp³-hybridized carbons (Fsp3) is 0.306.